The van der Waals surface area contributed by atoms with Crippen molar-refractivity contribution in [3.8, 4) is 0 Å². The van der Waals surface area contributed by atoms with Gasteiger partial charge in [-0.25, -0.2) is 0 Å². The van der Waals surface area contributed by atoms with Gasteiger partial charge in [0.15, 0.2) is 6.10 Å². The number of ether oxygens (including phenoxy) is 3. The van der Waals surface area contributed by atoms with Gasteiger partial charge in [-0.3, -0.25) is 14.4 Å². The van der Waals surface area contributed by atoms with Crippen molar-refractivity contribution in [1.29, 1.82) is 0 Å². The SMILES string of the molecule is CC/C=C\C/C=C\C/C=C\C/C=C\C/C=C\C/C=C\C/C=C\CCCCCCCCCC(=O)OCC(COC(=O)CCCCCCCC)OC(=O)CCCCCCCC/C=C\C/C=C\C/C=C\C/C=C\C/C=C\C/C=C\CC. The predicted octanol–water partition coefficient (Wildman–Crippen LogP) is 21.7. The fourth-order valence-electron chi connectivity index (χ4n) is 8.13. The molecule has 0 aliphatic rings. The molecule has 0 fully saturated rings. The molecule has 0 N–H and O–H groups in total. The van der Waals surface area contributed by atoms with Gasteiger partial charge >= 0.3 is 17.9 Å². The van der Waals surface area contributed by atoms with Gasteiger partial charge in [0.25, 0.3) is 0 Å². The molecular formula is C72H114O6. The molecule has 78 heavy (non-hydrogen) atoms. The van der Waals surface area contributed by atoms with Crippen molar-refractivity contribution in [2.24, 2.45) is 0 Å². The van der Waals surface area contributed by atoms with Crippen LogP contribution in [0.25, 0.3) is 0 Å². The third-order valence-electron chi connectivity index (χ3n) is 12.8. The van der Waals surface area contributed by atoms with E-state index < -0.39 is 6.10 Å². The molecule has 1 unspecified atom stereocenters. The zero-order chi connectivity index (χ0) is 56.4. The van der Waals surface area contributed by atoms with Crippen LogP contribution in [-0.4, -0.2) is 37.2 Å². The Morgan fingerprint density at radius 1 is 0.269 bits per heavy atom. The number of carbonyl (C=O) groups excluding carboxylic acids is 3. The fraction of sp³-hybridized carbons (Fsp3) is 0.597. The molecule has 0 amide bonds. The maximum Gasteiger partial charge on any atom is 0.306 e. The number of allylic oxidation sites excluding steroid dienone is 26. The normalized spacial score (nSPS) is 13.2. The second-order valence-electron chi connectivity index (χ2n) is 20.2. The quantitative estimate of drug-likeness (QED) is 0.0261. The van der Waals surface area contributed by atoms with Crippen molar-refractivity contribution in [1.82, 2.24) is 0 Å². The highest BCUT2D eigenvalue weighted by Crippen LogP contribution is 2.14. The van der Waals surface area contributed by atoms with Crippen LogP contribution >= 0.6 is 0 Å². The minimum atomic E-state index is -0.796. The average molecular weight is 1080 g/mol. The lowest BCUT2D eigenvalue weighted by Crippen LogP contribution is -2.30. The van der Waals surface area contributed by atoms with Crippen LogP contribution in [0.3, 0.4) is 0 Å². The van der Waals surface area contributed by atoms with Gasteiger partial charge in [0, 0.05) is 19.3 Å². The summed E-state index contributed by atoms with van der Waals surface area (Å²) in [4.78, 5) is 38.0. The Hall–Kier alpha value is -4.97. The van der Waals surface area contributed by atoms with Crippen LogP contribution in [0, 0.1) is 0 Å². The molecule has 0 radical (unpaired) electrons. The van der Waals surface area contributed by atoms with Crippen molar-refractivity contribution in [2.45, 2.75) is 264 Å². The van der Waals surface area contributed by atoms with Crippen molar-refractivity contribution in [3.05, 3.63) is 158 Å². The third-order valence-corrected chi connectivity index (χ3v) is 12.8. The van der Waals surface area contributed by atoms with Crippen molar-refractivity contribution in [3.63, 3.8) is 0 Å². The van der Waals surface area contributed by atoms with Crippen molar-refractivity contribution in [2.75, 3.05) is 13.2 Å². The molecule has 0 rings (SSSR count). The van der Waals surface area contributed by atoms with Gasteiger partial charge in [-0.1, -0.05) is 269 Å². The highest BCUT2D eigenvalue weighted by Gasteiger charge is 2.19. The molecule has 6 nitrogen and oxygen atoms in total. The summed E-state index contributed by atoms with van der Waals surface area (Å²) in [6.07, 6.45) is 94.2. The van der Waals surface area contributed by atoms with Crippen LogP contribution < -0.4 is 0 Å². The lowest BCUT2D eigenvalue weighted by molar-refractivity contribution is -0.167. The second kappa shape index (κ2) is 64.6. The van der Waals surface area contributed by atoms with E-state index in [-0.39, 0.29) is 31.1 Å². The first-order valence-corrected chi connectivity index (χ1v) is 31.5. The highest BCUT2D eigenvalue weighted by atomic mass is 16.6. The monoisotopic (exact) mass is 1070 g/mol. The zero-order valence-electron chi connectivity index (χ0n) is 50.1. The fourth-order valence-corrected chi connectivity index (χ4v) is 8.13. The largest absolute Gasteiger partial charge is 0.462 e. The molecule has 0 aromatic heterocycles. The Kier molecular flexibility index (Phi) is 60.4. The topological polar surface area (TPSA) is 78.9 Å². The van der Waals surface area contributed by atoms with Gasteiger partial charge < -0.3 is 14.2 Å². The number of unbranched alkanes of at least 4 members (excludes halogenated alkanes) is 18. The number of esters is 3. The first-order chi connectivity index (χ1) is 38.5. The van der Waals surface area contributed by atoms with Crippen LogP contribution in [0.4, 0.5) is 0 Å². The maximum atomic E-state index is 12.8. The van der Waals surface area contributed by atoms with E-state index in [1.54, 1.807) is 0 Å². The molecule has 0 spiro atoms. The number of carbonyl (C=O) groups is 3. The van der Waals surface area contributed by atoms with E-state index in [9.17, 15) is 14.4 Å². The summed E-state index contributed by atoms with van der Waals surface area (Å²) in [5.74, 6) is -0.935. The Labute approximate surface area is 480 Å². The third kappa shape index (κ3) is 61.9. The Bertz CT molecular complexity index is 1760. The molecule has 0 aromatic rings. The number of rotatable bonds is 55. The van der Waals surface area contributed by atoms with Gasteiger partial charge in [-0.2, -0.15) is 0 Å². The summed E-state index contributed by atoms with van der Waals surface area (Å²) in [5, 5.41) is 0. The lowest BCUT2D eigenvalue weighted by Gasteiger charge is -2.18. The van der Waals surface area contributed by atoms with E-state index in [4.69, 9.17) is 14.2 Å². The van der Waals surface area contributed by atoms with Crippen LogP contribution in [-0.2, 0) is 28.6 Å². The lowest BCUT2D eigenvalue weighted by atomic mass is 10.1. The Balaban J connectivity index is 4.21. The number of hydrogen-bond donors (Lipinski definition) is 0. The van der Waals surface area contributed by atoms with Crippen molar-refractivity contribution >= 4 is 17.9 Å². The molecule has 0 bridgehead atoms. The van der Waals surface area contributed by atoms with Crippen LogP contribution in [0.5, 0.6) is 0 Å². The minimum Gasteiger partial charge on any atom is -0.462 e. The summed E-state index contributed by atoms with van der Waals surface area (Å²) in [5.41, 5.74) is 0. The maximum absolute atomic E-state index is 12.8. The molecule has 6 heteroatoms. The first kappa shape index (κ1) is 73.0. The summed E-state index contributed by atoms with van der Waals surface area (Å²) in [7, 11) is 0. The Morgan fingerprint density at radius 2 is 0.500 bits per heavy atom. The molecule has 0 saturated heterocycles. The van der Waals surface area contributed by atoms with Gasteiger partial charge in [0.2, 0.25) is 0 Å². The molecule has 0 aliphatic heterocycles. The minimum absolute atomic E-state index is 0.0935. The summed E-state index contributed by atoms with van der Waals surface area (Å²) in [6, 6.07) is 0. The van der Waals surface area contributed by atoms with Gasteiger partial charge in [-0.05, 0) is 128 Å². The Morgan fingerprint density at radius 3 is 0.782 bits per heavy atom. The molecule has 0 aromatic carbocycles. The molecule has 0 heterocycles. The van der Waals surface area contributed by atoms with Crippen molar-refractivity contribution < 1.29 is 28.6 Å². The van der Waals surface area contributed by atoms with Crippen LogP contribution in [0.15, 0.2) is 158 Å². The van der Waals surface area contributed by atoms with E-state index in [0.29, 0.717) is 19.3 Å². The van der Waals surface area contributed by atoms with E-state index in [0.717, 1.165) is 161 Å². The van der Waals surface area contributed by atoms with Gasteiger partial charge in [-0.15, -0.1) is 0 Å². The van der Waals surface area contributed by atoms with Crippen LogP contribution in [0.1, 0.15) is 258 Å². The van der Waals surface area contributed by atoms with E-state index in [1.807, 2.05) is 0 Å². The molecule has 0 saturated carbocycles. The average Bonchev–Trinajstić information content (AvgIpc) is 3.44. The van der Waals surface area contributed by atoms with Gasteiger partial charge in [0.05, 0.1) is 0 Å². The van der Waals surface area contributed by atoms with Crippen LogP contribution in [0.2, 0.25) is 0 Å². The molecule has 1 atom stereocenters. The molecular weight excluding hydrogens is 961 g/mol. The standard InChI is InChI=1S/C72H114O6/c1-4-7-10-13-16-18-20-22-24-26-28-30-32-34-35-36-37-39-40-42-44-46-48-50-52-54-56-59-62-65-71(74)77-68-69(67-76-70(73)64-61-58-15-12-9-6-3)78-72(75)66-63-60-57-55-53-51-49-47-45-43-41-38-33-31-29-27-25-23-21-19-17-14-11-8-5-2/h7-8,10-11,16-19,22-25,28-31,34-35,37-39,41-42,44-45,47,69H,4-6,9,12-15,20-21,26-27,32-33,36,40,43,46,48-68H2,1-3H3/b10-7-,11-8-,18-16-,19-17-,24-22-,25-23-,30-28-,31-29-,35-34-,39-37-,41-38-,44-42-,47-45-. The summed E-state index contributed by atoms with van der Waals surface area (Å²) in [6.45, 7) is 6.32. The van der Waals surface area contributed by atoms with E-state index in [1.165, 1.54) is 57.8 Å². The number of hydrogen-bond acceptors (Lipinski definition) is 6. The molecule has 438 valence electrons. The predicted molar refractivity (Wildman–Crippen MR) is 338 cm³/mol. The summed E-state index contributed by atoms with van der Waals surface area (Å²) >= 11 is 0. The highest BCUT2D eigenvalue weighted by molar-refractivity contribution is 5.71. The first-order valence-electron chi connectivity index (χ1n) is 31.5. The zero-order valence-corrected chi connectivity index (χ0v) is 50.1. The van der Waals surface area contributed by atoms with E-state index >= 15 is 0 Å². The summed E-state index contributed by atoms with van der Waals surface area (Å²) < 4.78 is 16.8. The van der Waals surface area contributed by atoms with Gasteiger partial charge in [0.1, 0.15) is 13.2 Å². The van der Waals surface area contributed by atoms with E-state index in [2.05, 4.69) is 179 Å². The second-order valence-corrected chi connectivity index (χ2v) is 20.2. The smallest absolute Gasteiger partial charge is 0.306 e. The molecule has 0 aliphatic carbocycles.